The molecule has 0 aliphatic heterocycles. The first-order valence-corrected chi connectivity index (χ1v) is 12.2. The van der Waals surface area contributed by atoms with Crippen LogP contribution in [0.5, 0.6) is 0 Å². The summed E-state index contributed by atoms with van der Waals surface area (Å²) in [7, 11) is 0. The van der Waals surface area contributed by atoms with Gasteiger partial charge in [0.05, 0.1) is 0 Å². The van der Waals surface area contributed by atoms with Crippen molar-refractivity contribution in [1.82, 2.24) is 0 Å². The summed E-state index contributed by atoms with van der Waals surface area (Å²) in [6.45, 7) is 19.5. The van der Waals surface area contributed by atoms with Crippen LogP contribution < -0.4 is 0 Å². The van der Waals surface area contributed by atoms with Gasteiger partial charge in [-0.2, -0.15) is 0 Å². The fourth-order valence-electron chi connectivity index (χ4n) is 4.99. The van der Waals surface area contributed by atoms with Crippen LogP contribution in [0.4, 0.5) is 0 Å². The van der Waals surface area contributed by atoms with E-state index < -0.39 is 0 Å². The topological polar surface area (TPSA) is 17.1 Å². The van der Waals surface area contributed by atoms with Gasteiger partial charge in [0.2, 0.25) is 0 Å². The zero-order valence-electron chi connectivity index (χ0n) is 20.9. The molecule has 0 aromatic heterocycles. The summed E-state index contributed by atoms with van der Waals surface area (Å²) < 4.78 is 0. The van der Waals surface area contributed by atoms with Crippen LogP contribution in [-0.4, -0.2) is 5.78 Å². The first-order chi connectivity index (χ1) is 14.8. The first-order valence-electron chi connectivity index (χ1n) is 12.2. The summed E-state index contributed by atoms with van der Waals surface area (Å²) in [4.78, 5) is 12.5. The van der Waals surface area contributed by atoms with Gasteiger partial charge in [-0.1, -0.05) is 82.7 Å². The van der Waals surface area contributed by atoms with Gasteiger partial charge in [0.25, 0.3) is 0 Å². The largest absolute Gasteiger partial charge is 0.299 e. The smallest absolute Gasteiger partial charge is 0.137 e. The molecule has 0 saturated carbocycles. The fraction of sp³-hybridized carbons (Fsp3) is 0.500. The van der Waals surface area contributed by atoms with Crippen molar-refractivity contribution in [1.29, 1.82) is 0 Å². The van der Waals surface area contributed by atoms with Crippen molar-refractivity contribution >= 4 is 11.4 Å². The molecule has 0 heterocycles. The lowest BCUT2D eigenvalue weighted by Gasteiger charge is -2.20. The van der Waals surface area contributed by atoms with Gasteiger partial charge >= 0.3 is 0 Å². The Kier molecular flexibility index (Phi) is 9.29. The van der Waals surface area contributed by atoms with Crippen LogP contribution >= 0.6 is 0 Å². The Morgan fingerprint density at radius 2 is 1.68 bits per heavy atom. The molecule has 0 spiro atoms. The molecule has 0 bridgehead atoms. The number of hydrogen-bond donors (Lipinski definition) is 0. The number of Topliss-reactive ketones (excluding diaryl/α,β-unsaturated/α-hetero) is 1. The molecule has 0 amide bonds. The van der Waals surface area contributed by atoms with Gasteiger partial charge in [-0.15, -0.1) is 0 Å². The van der Waals surface area contributed by atoms with Crippen molar-refractivity contribution < 1.29 is 4.79 Å². The minimum Gasteiger partial charge on any atom is -0.299 e. The quantitative estimate of drug-likeness (QED) is 0.348. The molecule has 0 radical (unpaired) electrons. The maximum absolute atomic E-state index is 12.5. The highest BCUT2D eigenvalue weighted by Gasteiger charge is 2.32. The number of carbonyl (C=O) groups is 1. The molecule has 1 aromatic rings. The van der Waals surface area contributed by atoms with Crippen LogP contribution in [0.25, 0.3) is 5.57 Å². The van der Waals surface area contributed by atoms with E-state index in [4.69, 9.17) is 0 Å². The molecule has 1 aliphatic rings. The highest BCUT2D eigenvalue weighted by molar-refractivity contribution is 5.86. The number of ketones is 1. The van der Waals surface area contributed by atoms with E-state index in [-0.39, 0.29) is 17.6 Å². The number of allylic oxidation sites excluding steroid dienone is 7. The molecular formula is C30H42O. The number of aryl methyl sites for hydroxylation is 2. The molecular weight excluding hydrogens is 376 g/mol. The normalized spacial score (nSPS) is 19.8. The third-order valence-electron chi connectivity index (χ3n) is 7.07. The lowest BCUT2D eigenvalue weighted by atomic mass is 9.83. The Balaban J connectivity index is 2.38. The highest BCUT2D eigenvalue weighted by Crippen LogP contribution is 2.42. The van der Waals surface area contributed by atoms with Crippen LogP contribution in [0, 0.1) is 11.8 Å². The van der Waals surface area contributed by atoms with Crippen LogP contribution in [0.2, 0.25) is 0 Å². The molecule has 1 heteroatoms. The van der Waals surface area contributed by atoms with E-state index in [0.717, 1.165) is 44.1 Å². The summed E-state index contributed by atoms with van der Waals surface area (Å²) in [5, 5.41) is 0. The van der Waals surface area contributed by atoms with E-state index >= 15 is 0 Å². The van der Waals surface area contributed by atoms with Crippen molar-refractivity contribution in [2.75, 3.05) is 0 Å². The van der Waals surface area contributed by atoms with E-state index in [1.165, 1.54) is 39.0 Å². The van der Waals surface area contributed by atoms with Gasteiger partial charge in [0, 0.05) is 11.8 Å². The lowest BCUT2D eigenvalue weighted by Crippen LogP contribution is -2.17. The number of hydrogen-bond acceptors (Lipinski definition) is 1. The van der Waals surface area contributed by atoms with E-state index in [1.807, 2.05) is 0 Å². The zero-order valence-corrected chi connectivity index (χ0v) is 20.9. The average molecular weight is 419 g/mol. The standard InChI is InChI=1S/C30H42O/c1-9-20(6)28(13-5)25(12-4)16-21(7)29-18-27(19-30(29)22(8)31)26-15-14-23(10-2)24(11-3)17-26/h14-17,19,29-30H,7,9-13,18H2,1-6,8H3/b25-16-,28-20+/t29-,30?/m0/s1. The molecule has 2 atom stereocenters. The highest BCUT2D eigenvalue weighted by atomic mass is 16.1. The Labute approximate surface area is 191 Å². The molecule has 31 heavy (non-hydrogen) atoms. The second kappa shape index (κ2) is 11.5. The van der Waals surface area contributed by atoms with Gasteiger partial charge in [0.15, 0.2) is 0 Å². The maximum Gasteiger partial charge on any atom is 0.137 e. The van der Waals surface area contributed by atoms with Crippen molar-refractivity contribution in [3.05, 3.63) is 75.9 Å². The predicted molar refractivity (Wildman–Crippen MR) is 136 cm³/mol. The van der Waals surface area contributed by atoms with Crippen LogP contribution in [0.1, 0.15) is 90.8 Å². The van der Waals surface area contributed by atoms with Crippen molar-refractivity contribution in [2.45, 2.75) is 87.0 Å². The molecule has 1 nitrogen and oxygen atoms in total. The Morgan fingerprint density at radius 1 is 1.00 bits per heavy atom. The summed E-state index contributed by atoms with van der Waals surface area (Å²) in [6, 6.07) is 6.84. The molecule has 0 fully saturated rings. The molecule has 0 N–H and O–H groups in total. The molecule has 2 rings (SSSR count). The van der Waals surface area contributed by atoms with Gasteiger partial charge in [0.1, 0.15) is 5.78 Å². The summed E-state index contributed by atoms with van der Waals surface area (Å²) in [5.74, 6) is 0.323. The minimum absolute atomic E-state index is 0.0749. The lowest BCUT2D eigenvalue weighted by molar-refractivity contribution is -0.120. The summed E-state index contributed by atoms with van der Waals surface area (Å²) in [6.07, 6.45) is 10.6. The van der Waals surface area contributed by atoms with E-state index in [0.29, 0.717) is 0 Å². The third kappa shape index (κ3) is 5.76. The average Bonchev–Trinajstić information content (AvgIpc) is 3.24. The number of rotatable bonds is 10. The maximum atomic E-state index is 12.5. The van der Waals surface area contributed by atoms with E-state index in [9.17, 15) is 4.79 Å². The predicted octanol–water partition coefficient (Wildman–Crippen LogP) is 8.45. The SMILES string of the molecule is C=C(/C=C(CC)\C(CC)=C(/C)CC)[C@@H]1CC(c2ccc(CC)c(CC)c2)=CC1C(C)=O. The second-order valence-electron chi connectivity index (χ2n) is 8.89. The number of benzene rings is 1. The van der Waals surface area contributed by atoms with Crippen molar-refractivity contribution in [2.24, 2.45) is 11.8 Å². The fourth-order valence-corrected chi connectivity index (χ4v) is 4.99. The molecule has 1 aromatic carbocycles. The van der Waals surface area contributed by atoms with E-state index in [1.54, 1.807) is 6.92 Å². The van der Waals surface area contributed by atoms with E-state index in [2.05, 4.69) is 78.5 Å². The third-order valence-corrected chi connectivity index (χ3v) is 7.07. The Morgan fingerprint density at radius 3 is 2.19 bits per heavy atom. The second-order valence-corrected chi connectivity index (χ2v) is 8.89. The summed E-state index contributed by atoms with van der Waals surface area (Å²) in [5.41, 5.74) is 10.8. The molecule has 0 saturated heterocycles. The number of carbonyl (C=O) groups excluding carboxylic acids is 1. The molecule has 168 valence electrons. The van der Waals surface area contributed by atoms with Crippen LogP contribution in [0.15, 0.2) is 59.2 Å². The Hall–Kier alpha value is -2.15. The minimum atomic E-state index is -0.0749. The van der Waals surface area contributed by atoms with Crippen LogP contribution in [-0.2, 0) is 17.6 Å². The van der Waals surface area contributed by atoms with Gasteiger partial charge < -0.3 is 0 Å². The molecule has 1 unspecified atom stereocenters. The monoisotopic (exact) mass is 418 g/mol. The van der Waals surface area contributed by atoms with Crippen molar-refractivity contribution in [3.63, 3.8) is 0 Å². The van der Waals surface area contributed by atoms with Gasteiger partial charge in [-0.3, -0.25) is 4.79 Å². The van der Waals surface area contributed by atoms with Crippen LogP contribution in [0.3, 0.4) is 0 Å². The summed E-state index contributed by atoms with van der Waals surface area (Å²) >= 11 is 0. The van der Waals surface area contributed by atoms with Gasteiger partial charge in [-0.05, 0) is 85.8 Å². The van der Waals surface area contributed by atoms with Gasteiger partial charge in [-0.25, -0.2) is 0 Å². The molecule has 1 aliphatic carbocycles. The van der Waals surface area contributed by atoms with Crippen molar-refractivity contribution in [3.8, 4) is 0 Å². The first kappa shape index (κ1) is 25.1. The zero-order chi connectivity index (χ0) is 23.1. The Bertz CT molecular complexity index is 906.